The SMILES string of the molecule is Cc1ccccc1CC(=O)N1CCC2(CCC(=O)N(CC(=O)O)C2)CC1. The average Bonchev–Trinajstić information content (AvgIpc) is 2.60. The monoisotopic (exact) mass is 358 g/mol. The molecule has 0 atom stereocenters. The van der Waals surface area contributed by atoms with Crippen LogP contribution in [0.25, 0.3) is 0 Å². The number of amides is 2. The molecule has 26 heavy (non-hydrogen) atoms. The second-order valence-corrected chi connectivity index (χ2v) is 7.63. The average molecular weight is 358 g/mol. The van der Waals surface area contributed by atoms with E-state index in [-0.39, 0.29) is 23.8 Å². The summed E-state index contributed by atoms with van der Waals surface area (Å²) in [7, 11) is 0. The van der Waals surface area contributed by atoms with E-state index in [2.05, 4.69) is 0 Å². The van der Waals surface area contributed by atoms with Gasteiger partial charge in [0, 0.05) is 26.1 Å². The number of aliphatic carboxylic acids is 1. The van der Waals surface area contributed by atoms with Gasteiger partial charge in [0.1, 0.15) is 6.54 Å². The first-order valence-corrected chi connectivity index (χ1v) is 9.20. The third kappa shape index (κ3) is 4.06. The summed E-state index contributed by atoms with van der Waals surface area (Å²) in [5, 5.41) is 9.00. The van der Waals surface area contributed by atoms with Gasteiger partial charge in [0.15, 0.2) is 0 Å². The fraction of sp³-hybridized carbons (Fsp3) is 0.550. The van der Waals surface area contributed by atoms with Gasteiger partial charge >= 0.3 is 5.97 Å². The van der Waals surface area contributed by atoms with Crippen molar-refractivity contribution in [2.24, 2.45) is 5.41 Å². The Balaban J connectivity index is 1.58. The van der Waals surface area contributed by atoms with Gasteiger partial charge in [-0.05, 0) is 42.7 Å². The molecule has 2 amide bonds. The first kappa shape index (κ1) is 18.4. The van der Waals surface area contributed by atoms with E-state index in [0.29, 0.717) is 32.5 Å². The van der Waals surface area contributed by atoms with Crippen molar-refractivity contribution in [3.8, 4) is 0 Å². The molecule has 2 heterocycles. The summed E-state index contributed by atoms with van der Waals surface area (Å²) >= 11 is 0. The van der Waals surface area contributed by atoms with Gasteiger partial charge in [0.25, 0.3) is 0 Å². The molecule has 0 aromatic heterocycles. The highest BCUT2D eigenvalue weighted by Crippen LogP contribution is 2.40. The Morgan fingerprint density at radius 2 is 1.85 bits per heavy atom. The molecule has 0 unspecified atom stereocenters. The molecule has 3 rings (SSSR count). The predicted molar refractivity (Wildman–Crippen MR) is 96.6 cm³/mol. The minimum Gasteiger partial charge on any atom is -0.480 e. The molecule has 0 bridgehead atoms. The van der Waals surface area contributed by atoms with Crippen molar-refractivity contribution in [1.29, 1.82) is 0 Å². The molecule has 0 saturated carbocycles. The van der Waals surface area contributed by atoms with Crippen LogP contribution in [0.3, 0.4) is 0 Å². The van der Waals surface area contributed by atoms with Crippen LogP contribution >= 0.6 is 0 Å². The Morgan fingerprint density at radius 3 is 2.50 bits per heavy atom. The number of benzene rings is 1. The van der Waals surface area contributed by atoms with Crippen LogP contribution in [0.1, 0.15) is 36.8 Å². The quantitative estimate of drug-likeness (QED) is 0.891. The Labute approximate surface area is 153 Å². The number of aryl methyl sites for hydroxylation is 1. The van der Waals surface area contributed by atoms with Crippen LogP contribution in [0.15, 0.2) is 24.3 Å². The largest absolute Gasteiger partial charge is 0.480 e. The number of carboxylic acids is 1. The molecular weight excluding hydrogens is 332 g/mol. The lowest BCUT2D eigenvalue weighted by atomic mass is 9.72. The zero-order chi connectivity index (χ0) is 18.7. The first-order valence-electron chi connectivity index (χ1n) is 9.20. The van der Waals surface area contributed by atoms with Crippen molar-refractivity contribution in [1.82, 2.24) is 9.80 Å². The van der Waals surface area contributed by atoms with E-state index in [9.17, 15) is 14.4 Å². The lowest BCUT2D eigenvalue weighted by Crippen LogP contribution is -2.53. The summed E-state index contributed by atoms with van der Waals surface area (Å²) in [6.45, 7) is 3.65. The van der Waals surface area contributed by atoms with E-state index >= 15 is 0 Å². The second kappa shape index (κ2) is 7.48. The van der Waals surface area contributed by atoms with Gasteiger partial charge in [-0.25, -0.2) is 0 Å². The number of likely N-dealkylation sites (tertiary alicyclic amines) is 2. The van der Waals surface area contributed by atoms with E-state index in [0.717, 1.165) is 30.4 Å². The molecule has 1 aromatic rings. The summed E-state index contributed by atoms with van der Waals surface area (Å²) in [5.74, 6) is -0.902. The summed E-state index contributed by atoms with van der Waals surface area (Å²) < 4.78 is 0. The molecule has 1 aromatic carbocycles. The molecule has 6 nitrogen and oxygen atoms in total. The fourth-order valence-electron chi connectivity index (χ4n) is 4.13. The lowest BCUT2D eigenvalue weighted by molar-refractivity contribution is -0.150. The smallest absolute Gasteiger partial charge is 0.323 e. The number of hydrogen-bond acceptors (Lipinski definition) is 3. The Bertz CT molecular complexity index is 708. The third-order valence-electron chi connectivity index (χ3n) is 5.85. The Kier molecular flexibility index (Phi) is 5.30. The minimum atomic E-state index is -0.971. The molecule has 0 aliphatic carbocycles. The van der Waals surface area contributed by atoms with Gasteiger partial charge in [-0.3, -0.25) is 14.4 Å². The van der Waals surface area contributed by atoms with Crippen molar-refractivity contribution in [3.63, 3.8) is 0 Å². The van der Waals surface area contributed by atoms with Crippen LogP contribution in [-0.2, 0) is 20.8 Å². The van der Waals surface area contributed by atoms with E-state index < -0.39 is 5.97 Å². The van der Waals surface area contributed by atoms with Crippen molar-refractivity contribution >= 4 is 17.8 Å². The maximum absolute atomic E-state index is 12.6. The predicted octanol–water partition coefficient (Wildman–Crippen LogP) is 1.85. The number of nitrogens with zero attached hydrogens (tertiary/aromatic N) is 2. The van der Waals surface area contributed by atoms with Crippen LogP contribution in [-0.4, -0.2) is 58.9 Å². The van der Waals surface area contributed by atoms with Crippen LogP contribution in [0, 0.1) is 12.3 Å². The van der Waals surface area contributed by atoms with Gasteiger partial charge in [0.2, 0.25) is 11.8 Å². The van der Waals surface area contributed by atoms with Gasteiger partial charge in [0.05, 0.1) is 6.42 Å². The number of rotatable bonds is 4. The number of carbonyl (C=O) groups is 3. The highest BCUT2D eigenvalue weighted by atomic mass is 16.4. The first-order chi connectivity index (χ1) is 12.4. The molecule has 0 radical (unpaired) electrons. The van der Waals surface area contributed by atoms with E-state index in [1.165, 1.54) is 4.90 Å². The maximum atomic E-state index is 12.6. The highest BCUT2D eigenvalue weighted by molar-refractivity contribution is 5.82. The molecule has 1 spiro atoms. The van der Waals surface area contributed by atoms with E-state index in [4.69, 9.17) is 5.11 Å². The van der Waals surface area contributed by atoms with Crippen molar-refractivity contribution in [3.05, 3.63) is 35.4 Å². The number of carboxylic acid groups (broad SMARTS) is 1. The number of hydrogen-bond donors (Lipinski definition) is 1. The zero-order valence-electron chi connectivity index (χ0n) is 15.2. The summed E-state index contributed by atoms with van der Waals surface area (Å²) in [6, 6.07) is 7.94. The van der Waals surface area contributed by atoms with Crippen LogP contribution in [0.2, 0.25) is 0 Å². The summed E-state index contributed by atoms with van der Waals surface area (Å²) in [5.41, 5.74) is 2.15. The van der Waals surface area contributed by atoms with Gasteiger partial charge in [-0.2, -0.15) is 0 Å². The molecule has 2 aliphatic heterocycles. The number of carbonyl (C=O) groups excluding carboxylic acids is 2. The topological polar surface area (TPSA) is 77.9 Å². The van der Waals surface area contributed by atoms with Gasteiger partial charge < -0.3 is 14.9 Å². The summed E-state index contributed by atoms with van der Waals surface area (Å²) in [4.78, 5) is 39.0. The minimum absolute atomic E-state index is 0.0389. The van der Waals surface area contributed by atoms with Crippen LogP contribution in [0.5, 0.6) is 0 Å². The van der Waals surface area contributed by atoms with Crippen molar-refractivity contribution in [2.45, 2.75) is 39.0 Å². The fourth-order valence-corrected chi connectivity index (χ4v) is 4.13. The standard InChI is InChI=1S/C20H26N2O4/c1-15-4-2-3-5-16(15)12-18(24)21-10-8-20(9-11-21)7-6-17(23)22(14-20)13-19(25)26/h2-5H,6-14H2,1H3,(H,25,26). The van der Waals surface area contributed by atoms with E-state index in [1.807, 2.05) is 36.1 Å². The second-order valence-electron chi connectivity index (χ2n) is 7.63. The molecule has 2 saturated heterocycles. The molecule has 140 valence electrons. The Hall–Kier alpha value is -2.37. The molecule has 6 heteroatoms. The van der Waals surface area contributed by atoms with Gasteiger partial charge in [-0.15, -0.1) is 0 Å². The van der Waals surface area contributed by atoms with Crippen molar-refractivity contribution in [2.75, 3.05) is 26.2 Å². The summed E-state index contributed by atoms with van der Waals surface area (Å²) in [6.07, 6.45) is 3.28. The van der Waals surface area contributed by atoms with Crippen LogP contribution < -0.4 is 0 Å². The number of piperidine rings is 2. The highest BCUT2D eigenvalue weighted by Gasteiger charge is 2.42. The zero-order valence-corrected chi connectivity index (χ0v) is 15.2. The van der Waals surface area contributed by atoms with E-state index in [1.54, 1.807) is 0 Å². The molecule has 1 N–H and O–H groups in total. The molecular formula is C20H26N2O4. The van der Waals surface area contributed by atoms with Gasteiger partial charge in [-0.1, -0.05) is 24.3 Å². The van der Waals surface area contributed by atoms with Crippen LogP contribution in [0.4, 0.5) is 0 Å². The van der Waals surface area contributed by atoms with Crippen molar-refractivity contribution < 1.29 is 19.5 Å². The normalized spacial score (nSPS) is 19.7. The molecule has 2 aliphatic rings. The third-order valence-corrected chi connectivity index (χ3v) is 5.85. The molecule has 2 fully saturated rings. The lowest BCUT2D eigenvalue weighted by Gasteiger charge is -2.47. The Morgan fingerprint density at radius 1 is 1.15 bits per heavy atom. The maximum Gasteiger partial charge on any atom is 0.323 e.